The molecule has 0 saturated carbocycles. The van der Waals surface area contributed by atoms with Crippen molar-refractivity contribution in [3.8, 4) is 17.1 Å². The summed E-state index contributed by atoms with van der Waals surface area (Å²) in [5.41, 5.74) is 0.317. The summed E-state index contributed by atoms with van der Waals surface area (Å²) in [6.45, 7) is 1.57. The fraction of sp³-hybridized carbons (Fsp3) is 0.333. The lowest BCUT2D eigenvalue weighted by Crippen LogP contribution is -2.36. The van der Waals surface area contributed by atoms with Crippen LogP contribution in [0.15, 0.2) is 33.9 Å². The number of aromatic amines is 1. The van der Waals surface area contributed by atoms with Gasteiger partial charge >= 0.3 is 5.69 Å². The van der Waals surface area contributed by atoms with Crippen LogP contribution >= 0.6 is 0 Å². The number of rotatable bonds is 6. The Kier molecular flexibility index (Phi) is 5.32. The summed E-state index contributed by atoms with van der Waals surface area (Å²) >= 11 is 0. The maximum atomic E-state index is 12.2. The van der Waals surface area contributed by atoms with Crippen molar-refractivity contribution in [2.45, 2.75) is 13.0 Å². The van der Waals surface area contributed by atoms with Crippen LogP contribution in [0.4, 0.5) is 0 Å². The van der Waals surface area contributed by atoms with Crippen LogP contribution in [-0.2, 0) is 18.9 Å². The van der Waals surface area contributed by atoms with E-state index in [4.69, 9.17) is 9.84 Å². The van der Waals surface area contributed by atoms with Gasteiger partial charge in [0.15, 0.2) is 12.3 Å². The molecule has 1 aromatic carbocycles. The van der Waals surface area contributed by atoms with Gasteiger partial charge in [-0.2, -0.15) is 0 Å². The minimum atomic E-state index is -0.622. The molecule has 0 bridgehead atoms. The summed E-state index contributed by atoms with van der Waals surface area (Å²) in [7, 11) is 2.96. The number of carbonyl (C=O) groups excluding carboxylic acids is 1. The molecule has 148 valence electrons. The third-order valence-electron chi connectivity index (χ3n) is 4.19. The van der Waals surface area contributed by atoms with Gasteiger partial charge in [-0.05, 0) is 31.2 Å². The second kappa shape index (κ2) is 7.69. The first-order valence-electron chi connectivity index (χ1n) is 8.61. The van der Waals surface area contributed by atoms with Crippen LogP contribution in [0.25, 0.3) is 22.6 Å². The number of fused-ring (bicyclic) bond motifs is 1. The zero-order chi connectivity index (χ0) is 20.4. The van der Waals surface area contributed by atoms with Crippen LogP contribution < -0.4 is 21.3 Å². The fourth-order valence-electron chi connectivity index (χ4n) is 2.63. The lowest BCUT2D eigenvalue weighted by Gasteiger charge is -2.09. The van der Waals surface area contributed by atoms with Crippen molar-refractivity contribution in [1.29, 1.82) is 0 Å². The second-order valence-electron chi connectivity index (χ2n) is 6.46. The lowest BCUT2D eigenvalue weighted by atomic mass is 10.2. The van der Waals surface area contributed by atoms with Gasteiger partial charge in [-0.15, -0.1) is 0 Å². The number of imidazole rings is 1. The normalized spacial score (nSPS) is 12.1. The average Bonchev–Trinajstić information content (AvgIpc) is 3.13. The number of benzene rings is 1. The maximum Gasteiger partial charge on any atom is 0.332 e. The number of aliphatic hydroxyl groups is 1. The molecule has 10 heteroatoms. The van der Waals surface area contributed by atoms with E-state index < -0.39 is 17.4 Å². The van der Waals surface area contributed by atoms with E-state index in [1.807, 2.05) is 0 Å². The largest absolute Gasteiger partial charge is 0.484 e. The second-order valence-corrected chi connectivity index (χ2v) is 6.46. The Labute approximate surface area is 159 Å². The molecular formula is C18H21N5O5. The van der Waals surface area contributed by atoms with Gasteiger partial charge in [0.25, 0.3) is 11.5 Å². The van der Waals surface area contributed by atoms with Crippen molar-refractivity contribution in [2.24, 2.45) is 14.1 Å². The molecule has 0 aliphatic rings. The molecule has 3 rings (SSSR count). The molecule has 10 nitrogen and oxygen atoms in total. The Bertz CT molecular complexity index is 1120. The highest BCUT2D eigenvalue weighted by Crippen LogP contribution is 2.21. The van der Waals surface area contributed by atoms with Gasteiger partial charge in [-0.25, -0.2) is 9.78 Å². The highest BCUT2D eigenvalue weighted by atomic mass is 16.5. The highest BCUT2D eigenvalue weighted by molar-refractivity contribution is 5.77. The predicted octanol–water partition coefficient (Wildman–Crippen LogP) is -0.497. The number of nitrogens with one attached hydrogen (secondary N) is 2. The summed E-state index contributed by atoms with van der Waals surface area (Å²) in [6.07, 6.45) is -0.622. The number of aromatic nitrogens is 4. The molecule has 1 unspecified atom stereocenters. The first-order valence-corrected chi connectivity index (χ1v) is 8.61. The van der Waals surface area contributed by atoms with Crippen LogP contribution in [0.1, 0.15) is 6.92 Å². The number of hydrogen-bond donors (Lipinski definition) is 3. The van der Waals surface area contributed by atoms with Crippen LogP contribution in [0, 0.1) is 0 Å². The topological polar surface area (TPSA) is 131 Å². The minimum absolute atomic E-state index is 0.162. The first kappa shape index (κ1) is 19.4. The first-order chi connectivity index (χ1) is 13.3. The molecule has 0 saturated heterocycles. The van der Waals surface area contributed by atoms with Crippen molar-refractivity contribution >= 4 is 17.1 Å². The Balaban J connectivity index is 1.78. The Morgan fingerprint density at radius 1 is 1.25 bits per heavy atom. The molecule has 2 heterocycles. The van der Waals surface area contributed by atoms with E-state index in [-0.39, 0.29) is 30.2 Å². The summed E-state index contributed by atoms with van der Waals surface area (Å²) in [4.78, 5) is 43.2. The summed E-state index contributed by atoms with van der Waals surface area (Å²) in [5.74, 6) is 0.587. The molecule has 0 spiro atoms. The summed E-state index contributed by atoms with van der Waals surface area (Å²) in [6, 6.07) is 6.79. The number of carbonyl (C=O) groups is 1. The maximum absolute atomic E-state index is 12.2. The Morgan fingerprint density at radius 2 is 1.93 bits per heavy atom. The van der Waals surface area contributed by atoms with E-state index in [1.165, 1.54) is 11.6 Å². The SMILES string of the molecule is CC(O)CNC(=O)COc1ccc(-c2nc3c([nH]2)c(=O)n(C)c(=O)n3C)cc1. The molecule has 1 amide bonds. The van der Waals surface area contributed by atoms with Gasteiger partial charge in [-0.1, -0.05) is 0 Å². The summed E-state index contributed by atoms with van der Waals surface area (Å²) < 4.78 is 7.72. The number of nitrogens with zero attached hydrogens (tertiary/aromatic N) is 3. The van der Waals surface area contributed by atoms with Crippen molar-refractivity contribution in [2.75, 3.05) is 13.2 Å². The molecule has 3 aromatic rings. The molecule has 0 fully saturated rings. The molecule has 0 aliphatic carbocycles. The number of ether oxygens (including phenoxy) is 1. The van der Waals surface area contributed by atoms with Crippen molar-refractivity contribution < 1.29 is 14.6 Å². The molecular weight excluding hydrogens is 366 g/mol. The summed E-state index contributed by atoms with van der Waals surface area (Å²) in [5, 5.41) is 11.7. The van der Waals surface area contributed by atoms with E-state index in [1.54, 1.807) is 38.2 Å². The number of amides is 1. The van der Waals surface area contributed by atoms with Gasteiger partial charge < -0.3 is 20.1 Å². The fourth-order valence-corrected chi connectivity index (χ4v) is 2.63. The van der Waals surface area contributed by atoms with E-state index in [0.29, 0.717) is 17.1 Å². The molecule has 0 radical (unpaired) electrons. The average molecular weight is 387 g/mol. The van der Waals surface area contributed by atoms with Crippen LogP contribution in [0.3, 0.4) is 0 Å². The number of H-pyrrole nitrogens is 1. The van der Waals surface area contributed by atoms with Gasteiger partial charge in [-0.3, -0.25) is 18.7 Å². The smallest absolute Gasteiger partial charge is 0.332 e. The standard InChI is InChI=1S/C18H21N5O5/c1-10(24)8-19-13(25)9-28-12-6-4-11(5-7-12)15-20-14-16(21-15)22(2)18(27)23(3)17(14)26/h4-7,10,24H,8-9H2,1-3H3,(H,19,25)(H,20,21). The van der Waals surface area contributed by atoms with Gasteiger partial charge in [0.1, 0.15) is 17.1 Å². The van der Waals surface area contributed by atoms with Gasteiger partial charge in [0.2, 0.25) is 0 Å². The van der Waals surface area contributed by atoms with E-state index >= 15 is 0 Å². The number of hydrogen-bond acceptors (Lipinski definition) is 6. The monoisotopic (exact) mass is 387 g/mol. The van der Waals surface area contributed by atoms with E-state index in [2.05, 4.69) is 15.3 Å². The van der Waals surface area contributed by atoms with Crippen LogP contribution in [-0.4, -0.2) is 49.4 Å². The zero-order valence-corrected chi connectivity index (χ0v) is 15.7. The third-order valence-corrected chi connectivity index (χ3v) is 4.19. The van der Waals surface area contributed by atoms with Crippen molar-refractivity contribution in [1.82, 2.24) is 24.4 Å². The highest BCUT2D eigenvalue weighted by Gasteiger charge is 2.14. The third kappa shape index (κ3) is 3.81. The predicted molar refractivity (Wildman–Crippen MR) is 102 cm³/mol. The quantitative estimate of drug-likeness (QED) is 0.523. The number of aliphatic hydroxyl groups excluding tert-OH is 1. The van der Waals surface area contributed by atoms with Gasteiger partial charge in [0, 0.05) is 26.2 Å². The Hall–Kier alpha value is -3.40. The van der Waals surface area contributed by atoms with Crippen LogP contribution in [0.2, 0.25) is 0 Å². The molecule has 3 N–H and O–H groups in total. The van der Waals surface area contributed by atoms with E-state index in [0.717, 1.165) is 4.57 Å². The minimum Gasteiger partial charge on any atom is -0.484 e. The molecule has 2 aromatic heterocycles. The molecule has 1 atom stereocenters. The molecule has 28 heavy (non-hydrogen) atoms. The van der Waals surface area contributed by atoms with Gasteiger partial charge in [0.05, 0.1) is 6.10 Å². The van der Waals surface area contributed by atoms with Crippen molar-refractivity contribution in [3.05, 3.63) is 45.1 Å². The van der Waals surface area contributed by atoms with Crippen LogP contribution in [0.5, 0.6) is 5.75 Å². The zero-order valence-electron chi connectivity index (χ0n) is 15.7. The van der Waals surface area contributed by atoms with E-state index in [9.17, 15) is 14.4 Å². The lowest BCUT2D eigenvalue weighted by molar-refractivity contribution is -0.123. The van der Waals surface area contributed by atoms with Crippen molar-refractivity contribution in [3.63, 3.8) is 0 Å². The number of aryl methyl sites for hydroxylation is 1. The Morgan fingerprint density at radius 3 is 2.57 bits per heavy atom. The molecule has 0 aliphatic heterocycles.